The molecule has 0 saturated heterocycles. The lowest BCUT2D eigenvalue weighted by Crippen LogP contribution is -2.09. The van der Waals surface area contributed by atoms with Gasteiger partial charge in [0.05, 0.1) is 16.7 Å². The van der Waals surface area contributed by atoms with Crippen molar-refractivity contribution in [1.82, 2.24) is 0 Å². The van der Waals surface area contributed by atoms with Crippen molar-refractivity contribution in [2.45, 2.75) is 0 Å². The van der Waals surface area contributed by atoms with Crippen LogP contribution in [-0.2, 0) is 0 Å². The molecule has 2 aromatic rings. The molecule has 5 heteroatoms. The first kappa shape index (κ1) is 14.5. The zero-order chi connectivity index (χ0) is 14.4. The average Bonchev–Trinajstić information content (AvgIpc) is 2.48. The summed E-state index contributed by atoms with van der Waals surface area (Å²) in [6.45, 7) is 0.675. The molecular weight excluding hydrogens is 297 g/mol. The summed E-state index contributed by atoms with van der Waals surface area (Å²) in [7, 11) is 0. The molecule has 0 aromatic heterocycles. The van der Waals surface area contributed by atoms with Gasteiger partial charge in [-0.2, -0.15) is 5.26 Å². The number of hydrogen-bond donors (Lipinski definition) is 0. The summed E-state index contributed by atoms with van der Waals surface area (Å²) in [5.41, 5.74) is 0.557. The molecule has 0 bridgehead atoms. The van der Waals surface area contributed by atoms with Crippen LogP contribution in [0, 0.1) is 11.3 Å². The molecule has 0 spiro atoms. The van der Waals surface area contributed by atoms with Crippen LogP contribution in [0.2, 0.25) is 10.0 Å². The Balaban J connectivity index is 1.85. The Labute approximate surface area is 127 Å². The fourth-order valence-electron chi connectivity index (χ4n) is 1.56. The maximum absolute atomic E-state index is 8.78. The Morgan fingerprint density at radius 1 is 1.00 bits per heavy atom. The van der Waals surface area contributed by atoms with Gasteiger partial charge < -0.3 is 9.47 Å². The highest BCUT2D eigenvalue weighted by Crippen LogP contribution is 2.31. The topological polar surface area (TPSA) is 42.2 Å². The van der Waals surface area contributed by atoms with E-state index in [1.54, 1.807) is 42.5 Å². The maximum Gasteiger partial charge on any atom is 0.139 e. The van der Waals surface area contributed by atoms with Crippen molar-refractivity contribution in [2.24, 2.45) is 0 Å². The molecule has 102 valence electrons. The van der Waals surface area contributed by atoms with Crippen LogP contribution < -0.4 is 9.47 Å². The minimum atomic E-state index is 0.330. The SMILES string of the molecule is N#Cc1cccc(OCCOc2cccc(Cl)c2Cl)c1. The third-order valence-corrected chi connectivity index (χ3v) is 3.29. The lowest BCUT2D eigenvalue weighted by atomic mass is 10.2. The van der Waals surface area contributed by atoms with Crippen LogP contribution >= 0.6 is 23.2 Å². The molecular formula is C15H11Cl2NO2. The first-order valence-electron chi connectivity index (χ1n) is 5.90. The van der Waals surface area contributed by atoms with Gasteiger partial charge in [-0.3, -0.25) is 0 Å². The quantitative estimate of drug-likeness (QED) is 0.772. The third kappa shape index (κ3) is 3.80. The van der Waals surface area contributed by atoms with Crippen LogP contribution in [0.1, 0.15) is 5.56 Å². The Hall–Kier alpha value is -1.89. The number of halogens is 2. The van der Waals surface area contributed by atoms with Crippen LogP contribution in [0.5, 0.6) is 11.5 Å². The Morgan fingerprint density at radius 2 is 1.75 bits per heavy atom. The molecule has 0 heterocycles. The van der Waals surface area contributed by atoms with Crippen LogP contribution in [0.15, 0.2) is 42.5 Å². The summed E-state index contributed by atoms with van der Waals surface area (Å²) in [5, 5.41) is 9.62. The molecule has 0 N–H and O–H groups in total. The summed E-state index contributed by atoms with van der Waals surface area (Å²) in [5.74, 6) is 1.15. The molecule has 0 radical (unpaired) electrons. The highest BCUT2D eigenvalue weighted by atomic mass is 35.5. The second kappa shape index (κ2) is 7.04. The van der Waals surface area contributed by atoms with E-state index in [4.69, 9.17) is 37.9 Å². The number of nitriles is 1. The normalized spacial score (nSPS) is 9.85. The molecule has 0 fully saturated rings. The van der Waals surface area contributed by atoms with Crippen molar-refractivity contribution >= 4 is 23.2 Å². The molecule has 0 unspecified atom stereocenters. The molecule has 20 heavy (non-hydrogen) atoms. The predicted octanol–water partition coefficient (Wildman–Crippen LogP) is 4.32. The van der Waals surface area contributed by atoms with Gasteiger partial charge in [0.25, 0.3) is 0 Å². The van der Waals surface area contributed by atoms with Gasteiger partial charge in [0.2, 0.25) is 0 Å². The minimum Gasteiger partial charge on any atom is -0.490 e. The maximum atomic E-state index is 8.78. The van der Waals surface area contributed by atoms with Gasteiger partial charge >= 0.3 is 0 Å². The van der Waals surface area contributed by atoms with Crippen LogP contribution in [0.25, 0.3) is 0 Å². The summed E-state index contributed by atoms with van der Waals surface area (Å²) in [4.78, 5) is 0. The molecule has 0 aliphatic carbocycles. The zero-order valence-electron chi connectivity index (χ0n) is 10.5. The molecule has 0 aliphatic heterocycles. The summed E-state index contributed by atoms with van der Waals surface area (Å²) >= 11 is 11.9. The average molecular weight is 308 g/mol. The van der Waals surface area contributed by atoms with Crippen molar-refractivity contribution in [2.75, 3.05) is 13.2 Å². The molecule has 3 nitrogen and oxygen atoms in total. The number of ether oxygens (including phenoxy) is 2. The minimum absolute atomic E-state index is 0.330. The fraction of sp³-hybridized carbons (Fsp3) is 0.133. The van der Waals surface area contributed by atoms with Gasteiger partial charge in [0.15, 0.2) is 0 Å². The van der Waals surface area contributed by atoms with Crippen molar-refractivity contribution in [3.63, 3.8) is 0 Å². The monoisotopic (exact) mass is 307 g/mol. The standard InChI is InChI=1S/C15H11Cl2NO2/c16-13-5-2-6-14(15(13)17)20-8-7-19-12-4-1-3-11(9-12)10-18/h1-6,9H,7-8H2. The number of rotatable bonds is 5. The number of nitrogens with zero attached hydrogens (tertiary/aromatic N) is 1. The predicted molar refractivity (Wildman–Crippen MR) is 78.6 cm³/mol. The molecule has 0 aliphatic rings. The zero-order valence-corrected chi connectivity index (χ0v) is 12.0. The van der Waals surface area contributed by atoms with Gasteiger partial charge in [-0.25, -0.2) is 0 Å². The molecule has 2 rings (SSSR count). The molecule has 2 aromatic carbocycles. The second-order valence-corrected chi connectivity index (χ2v) is 4.67. The molecule has 0 atom stereocenters. The first-order chi connectivity index (χ1) is 9.70. The van der Waals surface area contributed by atoms with Crippen molar-refractivity contribution in [3.05, 3.63) is 58.1 Å². The number of hydrogen-bond acceptors (Lipinski definition) is 3. The Morgan fingerprint density at radius 3 is 2.55 bits per heavy atom. The van der Waals surface area contributed by atoms with E-state index in [0.29, 0.717) is 40.3 Å². The summed E-state index contributed by atoms with van der Waals surface area (Å²) in [6.07, 6.45) is 0. The van der Waals surface area contributed by atoms with Crippen molar-refractivity contribution in [3.8, 4) is 17.6 Å². The Kier molecular flexibility index (Phi) is 5.11. The van der Waals surface area contributed by atoms with Gasteiger partial charge in [-0.1, -0.05) is 35.3 Å². The van der Waals surface area contributed by atoms with E-state index in [-0.39, 0.29) is 0 Å². The first-order valence-corrected chi connectivity index (χ1v) is 6.66. The van der Waals surface area contributed by atoms with Crippen LogP contribution in [0.4, 0.5) is 0 Å². The van der Waals surface area contributed by atoms with E-state index in [2.05, 4.69) is 6.07 Å². The lowest BCUT2D eigenvalue weighted by Gasteiger charge is -2.10. The molecule has 0 saturated carbocycles. The Bertz CT molecular complexity index is 638. The largest absolute Gasteiger partial charge is 0.490 e. The smallest absolute Gasteiger partial charge is 0.139 e. The fourth-order valence-corrected chi connectivity index (χ4v) is 1.91. The van der Waals surface area contributed by atoms with E-state index in [9.17, 15) is 0 Å². The second-order valence-electron chi connectivity index (χ2n) is 3.89. The van der Waals surface area contributed by atoms with Gasteiger partial charge in [0.1, 0.15) is 29.7 Å². The van der Waals surface area contributed by atoms with Crippen LogP contribution in [0.3, 0.4) is 0 Å². The summed E-state index contributed by atoms with van der Waals surface area (Å²) in [6, 6.07) is 14.2. The van der Waals surface area contributed by atoms with E-state index in [1.807, 2.05) is 0 Å². The van der Waals surface area contributed by atoms with Crippen LogP contribution in [-0.4, -0.2) is 13.2 Å². The lowest BCUT2D eigenvalue weighted by molar-refractivity contribution is 0.217. The van der Waals surface area contributed by atoms with E-state index in [0.717, 1.165) is 0 Å². The van der Waals surface area contributed by atoms with Crippen molar-refractivity contribution < 1.29 is 9.47 Å². The van der Waals surface area contributed by atoms with E-state index >= 15 is 0 Å². The summed E-state index contributed by atoms with van der Waals surface area (Å²) < 4.78 is 11.0. The van der Waals surface area contributed by atoms with Gasteiger partial charge in [-0.15, -0.1) is 0 Å². The molecule has 0 amide bonds. The van der Waals surface area contributed by atoms with E-state index in [1.165, 1.54) is 0 Å². The highest BCUT2D eigenvalue weighted by molar-refractivity contribution is 6.42. The third-order valence-electron chi connectivity index (χ3n) is 2.49. The highest BCUT2D eigenvalue weighted by Gasteiger charge is 2.05. The van der Waals surface area contributed by atoms with Gasteiger partial charge in [-0.05, 0) is 30.3 Å². The van der Waals surface area contributed by atoms with Gasteiger partial charge in [0, 0.05) is 0 Å². The number of benzene rings is 2. The van der Waals surface area contributed by atoms with Crippen molar-refractivity contribution in [1.29, 1.82) is 5.26 Å². The van der Waals surface area contributed by atoms with E-state index < -0.39 is 0 Å².